The van der Waals surface area contributed by atoms with Gasteiger partial charge in [0, 0.05) is 36.9 Å². The average molecular weight is 730 g/mol. The number of piperidine rings is 3. The summed E-state index contributed by atoms with van der Waals surface area (Å²) in [5.74, 6) is 1.87. The molecule has 1 aliphatic carbocycles. The largest absolute Gasteiger partial charge is 0.508 e. The van der Waals surface area contributed by atoms with Crippen LogP contribution < -0.4 is 10.1 Å². The number of unbranched alkanes of at least 4 members (excludes halogenated alkanes) is 4. The third-order valence-electron chi connectivity index (χ3n) is 12.7. The summed E-state index contributed by atoms with van der Waals surface area (Å²) >= 11 is 0. The highest BCUT2D eigenvalue weighted by atomic mass is 16.5. The molecule has 8 nitrogen and oxygen atoms in total. The number of fused-ring (bicyclic) bond motifs is 3. The van der Waals surface area contributed by atoms with Crippen LogP contribution in [-0.4, -0.2) is 83.0 Å². The fourth-order valence-corrected chi connectivity index (χ4v) is 9.31. The summed E-state index contributed by atoms with van der Waals surface area (Å²) in [6.45, 7) is 8.32. The zero-order valence-corrected chi connectivity index (χ0v) is 32.0. The number of nitrogens with one attached hydrogen (secondary N) is 1. The van der Waals surface area contributed by atoms with E-state index in [2.05, 4.69) is 36.5 Å². The van der Waals surface area contributed by atoms with E-state index >= 15 is 0 Å². The maximum Gasteiger partial charge on any atom is 0.121 e. The Balaban J connectivity index is 0.842. The van der Waals surface area contributed by atoms with Gasteiger partial charge < -0.3 is 39.7 Å². The molecule has 8 heteroatoms. The first-order valence-electron chi connectivity index (χ1n) is 20.6. The highest BCUT2D eigenvalue weighted by Crippen LogP contribution is 2.43. The summed E-state index contributed by atoms with van der Waals surface area (Å²) in [5.41, 5.74) is 2.44. The summed E-state index contributed by atoms with van der Waals surface area (Å²) in [6.07, 6.45) is 13.5. The quantitative estimate of drug-likeness (QED) is 0.0584. The van der Waals surface area contributed by atoms with Crippen molar-refractivity contribution in [2.24, 2.45) is 11.8 Å². The van der Waals surface area contributed by atoms with Crippen LogP contribution >= 0.6 is 0 Å². The molecule has 2 bridgehead atoms. The second kappa shape index (κ2) is 19.1. The van der Waals surface area contributed by atoms with Gasteiger partial charge in [0.1, 0.15) is 29.7 Å². The van der Waals surface area contributed by atoms with E-state index in [1.54, 1.807) is 12.1 Å². The Morgan fingerprint density at radius 2 is 1.60 bits per heavy atom. The minimum Gasteiger partial charge on any atom is -0.508 e. The summed E-state index contributed by atoms with van der Waals surface area (Å²) in [7, 11) is 0. The van der Waals surface area contributed by atoms with Crippen molar-refractivity contribution in [3.63, 3.8) is 0 Å². The highest BCUT2D eigenvalue weighted by Gasteiger charge is 2.48. The van der Waals surface area contributed by atoms with Crippen molar-refractivity contribution in [1.82, 2.24) is 5.32 Å². The number of rotatable bonds is 21. The van der Waals surface area contributed by atoms with Crippen LogP contribution in [0.3, 0.4) is 0 Å². The van der Waals surface area contributed by atoms with Crippen molar-refractivity contribution in [3.8, 4) is 11.5 Å². The number of phenols is 1. The zero-order chi connectivity index (χ0) is 37.1. The molecule has 0 amide bonds. The molecule has 5 N–H and O–H groups in total. The fraction of sp³-hybridized carbons (Fsp3) is 0.600. The van der Waals surface area contributed by atoms with Gasteiger partial charge in [-0.3, -0.25) is 0 Å². The molecule has 3 aromatic carbocycles. The van der Waals surface area contributed by atoms with Crippen LogP contribution in [0.5, 0.6) is 11.5 Å². The van der Waals surface area contributed by atoms with Crippen molar-refractivity contribution in [3.05, 3.63) is 95.1 Å². The number of aliphatic hydroxyl groups excluding tert-OH is 2. The predicted octanol–water partition coefficient (Wildman–Crippen LogP) is 7.17. The molecule has 3 aliphatic heterocycles. The van der Waals surface area contributed by atoms with Crippen LogP contribution in [0.2, 0.25) is 0 Å². The van der Waals surface area contributed by atoms with E-state index < -0.39 is 11.7 Å². The number of aromatic hydroxyl groups is 1. The molecule has 7 rings (SSSR count). The van der Waals surface area contributed by atoms with Crippen molar-refractivity contribution in [1.29, 1.82) is 0 Å². The summed E-state index contributed by atoms with van der Waals surface area (Å²) in [6, 6.07) is 23.6. The van der Waals surface area contributed by atoms with Crippen molar-refractivity contribution in [2.75, 3.05) is 45.9 Å². The van der Waals surface area contributed by atoms with Gasteiger partial charge in [-0.15, -0.1) is 0 Å². The Kier molecular flexibility index (Phi) is 14.3. The second-order valence-electron chi connectivity index (χ2n) is 16.5. The number of hydrogen-bond acceptors (Lipinski definition) is 7. The van der Waals surface area contributed by atoms with E-state index in [1.165, 1.54) is 87.1 Å². The molecule has 1 unspecified atom stereocenters. The standard InChI is InChI=1S/C45H64N2O6/c1-34(46-30-43(50)37-18-21-42(49)38(29-37)32-48)28-35-16-19-41(20-17-35)52-27-11-4-2-3-10-24-47-25-22-36(23-26-47)44(31-47)53-33-45(51,40-14-8-9-15-40)39-12-6-5-7-13-39/h5-7,12-13,16-21,29,34,36,40,43-44,46,48,50-51H,2-4,8-11,14-15,22-28,30-33H2,1H3/p+1/t34-,36?,43-,44-,45?,47?/m0/s1. The van der Waals surface area contributed by atoms with E-state index in [-0.39, 0.29) is 24.5 Å². The number of nitrogens with zero attached hydrogens (tertiary/aromatic N) is 1. The first kappa shape index (κ1) is 39.7. The van der Waals surface area contributed by atoms with E-state index in [1.807, 2.05) is 30.3 Å². The van der Waals surface area contributed by atoms with Crippen molar-refractivity contribution >= 4 is 0 Å². The highest BCUT2D eigenvalue weighted by molar-refractivity contribution is 5.36. The van der Waals surface area contributed by atoms with Gasteiger partial charge in [-0.1, -0.05) is 74.2 Å². The van der Waals surface area contributed by atoms with Crippen LogP contribution in [0.1, 0.15) is 106 Å². The van der Waals surface area contributed by atoms with E-state index in [9.17, 15) is 20.4 Å². The molecule has 4 aliphatic rings. The molecule has 4 fully saturated rings. The van der Waals surface area contributed by atoms with E-state index in [0.29, 0.717) is 36.1 Å². The maximum absolute atomic E-state index is 12.0. The Labute approximate surface area is 317 Å². The number of aliphatic hydroxyl groups is 3. The Hall–Kier alpha value is -2.98. The van der Waals surface area contributed by atoms with Gasteiger partial charge in [-0.25, -0.2) is 0 Å². The predicted molar refractivity (Wildman–Crippen MR) is 210 cm³/mol. The van der Waals surface area contributed by atoms with Gasteiger partial charge in [-0.05, 0) is 92.3 Å². The van der Waals surface area contributed by atoms with Gasteiger partial charge in [0.25, 0.3) is 0 Å². The lowest BCUT2D eigenvalue weighted by molar-refractivity contribution is -0.946. The molecule has 0 radical (unpaired) electrons. The average Bonchev–Trinajstić information content (AvgIpc) is 3.75. The van der Waals surface area contributed by atoms with Gasteiger partial charge in [0.05, 0.1) is 45.6 Å². The number of hydrogen-bond donors (Lipinski definition) is 5. The molecule has 0 spiro atoms. The summed E-state index contributed by atoms with van der Waals surface area (Å²) < 4.78 is 14.0. The first-order chi connectivity index (χ1) is 25.8. The zero-order valence-electron chi connectivity index (χ0n) is 32.0. The smallest absolute Gasteiger partial charge is 0.121 e. The lowest BCUT2D eigenvalue weighted by Gasteiger charge is -2.53. The molecule has 3 aromatic rings. The maximum atomic E-state index is 12.0. The minimum absolute atomic E-state index is 0.0362. The third-order valence-corrected chi connectivity index (χ3v) is 12.7. The van der Waals surface area contributed by atoms with Crippen LogP contribution in [0, 0.1) is 11.8 Å². The van der Waals surface area contributed by atoms with Crippen LogP contribution in [0.4, 0.5) is 0 Å². The Morgan fingerprint density at radius 1 is 0.887 bits per heavy atom. The van der Waals surface area contributed by atoms with Crippen molar-refractivity contribution < 1.29 is 34.4 Å². The number of ether oxygens (including phenoxy) is 2. The Bertz CT molecular complexity index is 1520. The van der Waals surface area contributed by atoms with E-state index in [0.717, 1.165) is 50.1 Å². The third kappa shape index (κ3) is 10.6. The summed E-state index contributed by atoms with van der Waals surface area (Å²) in [5, 5.41) is 45.1. The first-order valence-corrected chi connectivity index (χ1v) is 20.6. The molecule has 0 aromatic heterocycles. The normalized spacial score (nSPS) is 23.8. The SMILES string of the molecule is C[C@@H](Cc1ccc(OCCCCCCC[N+]23CCC(CC2)[C@@H](OCC(O)(c2ccccc2)C2CCCC2)C3)cc1)NC[C@H](O)c1ccc(O)c(CO)c1. The van der Waals surface area contributed by atoms with Crippen LogP contribution in [0.25, 0.3) is 0 Å². The monoisotopic (exact) mass is 729 g/mol. The van der Waals surface area contributed by atoms with Crippen LogP contribution in [0.15, 0.2) is 72.8 Å². The Morgan fingerprint density at radius 3 is 2.34 bits per heavy atom. The molecule has 1 saturated carbocycles. The molecule has 4 atom stereocenters. The van der Waals surface area contributed by atoms with E-state index in [4.69, 9.17) is 9.47 Å². The van der Waals surface area contributed by atoms with Gasteiger partial charge in [0.15, 0.2) is 0 Å². The number of quaternary nitrogens is 1. The van der Waals surface area contributed by atoms with Crippen molar-refractivity contribution in [2.45, 2.75) is 114 Å². The van der Waals surface area contributed by atoms with Crippen LogP contribution in [-0.2, 0) is 23.4 Å². The topological polar surface area (TPSA) is 111 Å². The molecule has 3 saturated heterocycles. The minimum atomic E-state index is -0.880. The molecular formula is C45H65N2O6+. The molecule has 53 heavy (non-hydrogen) atoms. The fourth-order valence-electron chi connectivity index (χ4n) is 9.31. The molecule has 3 heterocycles. The lowest BCUT2D eigenvalue weighted by Crippen LogP contribution is -2.64. The lowest BCUT2D eigenvalue weighted by atomic mass is 9.80. The molecular weight excluding hydrogens is 665 g/mol. The van der Waals surface area contributed by atoms with Gasteiger partial charge in [0.2, 0.25) is 0 Å². The summed E-state index contributed by atoms with van der Waals surface area (Å²) in [4.78, 5) is 0. The van der Waals surface area contributed by atoms with Gasteiger partial charge >= 0.3 is 0 Å². The molecule has 290 valence electrons. The number of benzene rings is 3. The second-order valence-corrected chi connectivity index (χ2v) is 16.5. The van der Waals surface area contributed by atoms with Gasteiger partial charge in [-0.2, -0.15) is 0 Å².